The first-order chi connectivity index (χ1) is 6.13. The van der Waals surface area contributed by atoms with E-state index in [0.717, 1.165) is 15.9 Å². The topological polar surface area (TPSA) is 42.1 Å². The summed E-state index contributed by atoms with van der Waals surface area (Å²) in [5.74, 6) is 0. The van der Waals surface area contributed by atoms with Crippen molar-refractivity contribution in [1.29, 1.82) is 0 Å². The van der Waals surface area contributed by atoms with Gasteiger partial charge >= 0.3 is 0 Å². The van der Waals surface area contributed by atoms with E-state index in [1.807, 2.05) is 7.05 Å². The van der Waals surface area contributed by atoms with Gasteiger partial charge < -0.3 is 5.73 Å². The number of nitrogens with two attached hydrogens (primary N) is 1. The molecule has 1 unspecified atom stereocenters. The Bertz CT molecular complexity index is 264. The lowest BCUT2D eigenvalue weighted by Crippen LogP contribution is -2.34. The smallest absolute Gasteiger partial charge is 0.113 e. The summed E-state index contributed by atoms with van der Waals surface area (Å²) in [6.07, 6.45) is 1.68. The Morgan fingerprint density at radius 2 is 2.46 bits per heavy atom. The molecule has 74 valence electrons. The molecule has 2 N–H and O–H groups in total. The molecule has 1 rings (SSSR count). The molecule has 0 amide bonds. The third-order valence-electron chi connectivity index (χ3n) is 2.00. The molecular formula is C8H14ClN3S. The normalized spacial score (nSPS) is 13.6. The SMILES string of the molecule is CC(CN)N(C)Cc1ncc(Cl)s1. The highest BCUT2D eigenvalue weighted by molar-refractivity contribution is 7.15. The van der Waals surface area contributed by atoms with Crippen molar-refractivity contribution in [1.82, 2.24) is 9.88 Å². The second-order valence-corrected chi connectivity index (χ2v) is 4.80. The van der Waals surface area contributed by atoms with Crippen LogP contribution in [0.15, 0.2) is 6.20 Å². The Balaban J connectivity index is 2.49. The molecule has 0 saturated heterocycles. The average molecular weight is 220 g/mol. The number of rotatable bonds is 4. The molecule has 5 heteroatoms. The van der Waals surface area contributed by atoms with Crippen molar-refractivity contribution in [2.24, 2.45) is 5.73 Å². The quantitative estimate of drug-likeness (QED) is 0.836. The highest BCUT2D eigenvalue weighted by Crippen LogP contribution is 2.19. The van der Waals surface area contributed by atoms with E-state index in [4.69, 9.17) is 17.3 Å². The van der Waals surface area contributed by atoms with Gasteiger partial charge in [-0.1, -0.05) is 11.6 Å². The standard InChI is InChI=1S/C8H14ClN3S/c1-6(3-10)12(2)5-8-11-4-7(9)13-8/h4,6H,3,5,10H2,1-2H3. The van der Waals surface area contributed by atoms with Gasteiger partial charge in [-0.25, -0.2) is 4.98 Å². The predicted octanol–water partition coefficient (Wildman–Crippen LogP) is 1.58. The Labute approximate surface area is 87.5 Å². The van der Waals surface area contributed by atoms with E-state index in [1.165, 1.54) is 11.3 Å². The Morgan fingerprint density at radius 1 is 1.77 bits per heavy atom. The molecule has 1 aromatic rings. The van der Waals surface area contributed by atoms with E-state index in [2.05, 4.69) is 16.8 Å². The van der Waals surface area contributed by atoms with Gasteiger partial charge in [-0.05, 0) is 14.0 Å². The van der Waals surface area contributed by atoms with Crippen LogP contribution in [-0.2, 0) is 6.54 Å². The lowest BCUT2D eigenvalue weighted by molar-refractivity contribution is 0.254. The summed E-state index contributed by atoms with van der Waals surface area (Å²) in [7, 11) is 2.03. The van der Waals surface area contributed by atoms with Gasteiger partial charge in [0.1, 0.15) is 9.34 Å². The van der Waals surface area contributed by atoms with Crippen molar-refractivity contribution in [3.8, 4) is 0 Å². The number of likely N-dealkylation sites (N-methyl/N-ethyl adjacent to an activating group) is 1. The van der Waals surface area contributed by atoms with Gasteiger partial charge in [-0.2, -0.15) is 0 Å². The second-order valence-electron chi connectivity index (χ2n) is 3.06. The zero-order valence-corrected chi connectivity index (χ0v) is 9.40. The van der Waals surface area contributed by atoms with Crippen molar-refractivity contribution in [2.45, 2.75) is 19.5 Å². The molecule has 1 heterocycles. The lowest BCUT2D eigenvalue weighted by atomic mass is 10.3. The summed E-state index contributed by atoms with van der Waals surface area (Å²) in [5, 5.41) is 1.04. The molecule has 3 nitrogen and oxygen atoms in total. The van der Waals surface area contributed by atoms with Crippen LogP contribution < -0.4 is 5.73 Å². The number of halogens is 1. The summed E-state index contributed by atoms with van der Waals surface area (Å²) in [5.41, 5.74) is 5.55. The first-order valence-electron chi connectivity index (χ1n) is 4.14. The molecule has 0 aliphatic heterocycles. The fourth-order valence-corrected chi connectivity index (χ4v) is 1.93. The highest BCUT2D eigenvalue weighted by Gasteiger charge is 2.09. The molecule has 1 aromatic heterocycles. The largest absolute Gasteiger partial charge is 0.329 e. The van der Waals surface area contributed by atoms with Crippen LogP contribution in [0.5, 0.6) is 0 Å². The molecule has 0 aliphatic carbocycles. The molecule has 0 aliphatic rings. The third kappa shape index (κ3) is 3.23. The monoisotopic (exact) mass is 219 g/mol. The molecule has 0 saturated carbocycles. The van der Waals surface area contributed by atoms with Gasteiger partial charge in [0.25, 0.3) is 0 Å². The van der Waals surface area contributed by atoms with E-state index < -0.39 is 0 Å². The minimum absolute atomic E-state index is 0.377. The van der Waals surface area contributed by atoms with Crippen LogP contribution in [0.25, 0.3) is 0 Å². The fourth-order valence-electron chi connectivity index (χ4n) is 0.910. The van der Waals surface area contributed by atoms with Gasteiger partial charge in [-0.15, -0.1) is 11.3 Å². The maximum Gasteiger partial charge on any atom is 0.113 e. The fraction of sp³-hybridized carbons (Fsp3) is 0.625. The minimum Gasteiger partial charge on any atom is -0.329 e. The zero-order valence-electron chi connectivity index (χ0n) is 7.83. The van der Waals surface area contributed by atoms with Gasteiger partial charge in [0.15, 0.2) is 0 Å². The van der Waals surface area contributed by atoms with Crippen LogP contribution >= 0.6 is 22.9 Å². The van der Waals surface area contributed by atoms with E-state index in [9.17, 15) is 0 Å². The van der Waals surface area contributed by atoms with E-state index >= 15 is 0 Å². The highest BCUT2D eigenvalue weighted by atomic mass is 35.5. The van der Waals surface area contributed by atoms with Crippen molar-refractivity contribution in [3.05, 3.63) is 15.5 Å². The second kappa shape index (κ2) is 4.91. The maximum atomic E-state index is 5.77. The first-order valence-corrected chi connectivity index (χ1v) is 5.33. The summed E-state index contributed by atoms with van der Waals surface area (Å²) in [6.45, 7) is 3.57. The Hall–Kier alpha value is -0.160. The van der Waals surface area contributed by atoms with Crippen molar-refractivity contribution < 1.29 is 0 Å². The van der Waals surface area contributed by atoms with Crippen LogP contribution in [0.4, 0.5) is 0 Å². The van der Waals surface area contributed by atoms with Gasteiger partial charge in [-0.3, -0.25) is 4.90 Å². The maximum absolute atomic E-state index is 5.77. The van der Waals surface area contributed by atoms with Crippen molar-refractivity contribution in [3.63, 3.8) is 0 Å². The van der Waals surface area contributed by atoms with Crippen molar-refractivity contribution in [2.75, 3.05) is 13.6 Å². The minimum atomic E-state index is 0.377. The lowest BCUT2D eigenvalue weighted by Gasteiger charge is -2.21. The van der Waals surface area contributed by atoms with Crippen LogP contribution in [0.2, 0.25) is 4.34 Å². The molecule has 0 bridgehead atoms. The van der Waals surface area contributed by atoms with E-state index in [0.29, 0.717) is 12.6 Å². The number of thiazole rings is 1. The zero-order chi connectivity index (χ0) is 9.84. The summed E-state index contributed by atoms with van der Waals surface area (Å²) < 4.78 is 0.740. The molecule has 13 heavy (non-hydrogen) atoms. The van der Waals surface area contributed by atoms with Crippen LogP contribution in [-0.4, -0.2) is 29.5 Å². The van der Waals surface area contributed by atoms with E-state index in [1.54, 1.807) is 6.20 Å². The van der Waals surface area contributed by atoms with Gasteiger partial charge in [0.2, 0.25) is 0 Å². The van der Waals surface area contributed by atoms with Gasteiger partial charge in [0.05, 0.1) is 12.7 Å². The van der Waals surface area contributed by atoms with Gasteiger partial charge in [0, 0.05) is 12.6 Å². The average Bonchev–Trinajstić information content (AvgIpc) is 2.49. The number of hydrogen-bond acceptors (Lipinski definition) is 4. The number of aromatic nitrogens is 1. The summed E-state index contributed by atoms with van der Waals surface area (Å²) in [4.78, 5) is 6.34. The molecular weight excluding hydrogens is 206 g/mol. The van der Waals surface area contributed by atoms with Crippen molar-refractivity contribution >= 4 is 22.9 Å². The molecule has 0 spiro atoms. The van der Waals surface area contributed by atoms with Crippen LogP contribution in [0, 0.1) is 0 Å². The van der Waals surface area contributed by atoms with E-state index in [-0.39, 0.29) is 0 Å². The van der Waals surface area contributed by atoms with Crippen LogP contribution in [0.3, 0.4) is 0 Å². The Morgan fingerprint density at radius 3 is 2.92 bits per heavy atom. The molecule has 1 atom stereocenters. The van der Waals surface area contributed by atoms with Crippen LogP contribution in [0.1, 0.15) is 11.9 Å². The molecule has 0 fully saturated rings. The number of hydrogen-bond donors (Lipinski definition) is 1. The molecule has 0 radical (unpaired) electrons. The number of nitrogens with zero attached hydrogens (tertiary/aromatic N) is 2. The summed E-state index contributed by atoms with van der Waals surface area (Å²) >= 11 is 7.29. The Kier molecular flexibility index (Phi) is 4.12. The summed E-state index contributed by atoms with van der Waals surface area (Å²) in [6, 6.07) is 0.377. The third-order valence-corrected chi connectivity index (χ3v) is 3.10. The predicted molar refractivity (Wildman–Crippen MR) is 57.1 cm³/mol. The first kappa shape index (κ1) is 10.9. The molecule has 0 aromatic carbocycles.